The summed E-state index contributed by atoms with van der Waals surface area (Å²) in [6.07, 6.45) is 10.2. The van der Waals surface area contributed by atoms with Crippen LogP contribution < -0.4 is 16.7 Å². The van der Waals surface area contributed by atoms with E-state index in [0.717, 1.165) is 19.2 Å². The van der Waals surface area contributed by atoms with Crippen LogP contribution in [0.1, 0.15) is 0 Å². The maximum absolute atomic E-state index is 10.9. The van der Waals surface area contributed by atoms with Gasteiger partial charge in [0.15, 0.2) is 41.4 Å². The summed E-state index contributed by atoms with van der Waals surface area (Å²) in [5, 5.41) is 0. The number of fused-ring (bicyclic) bond motifs is 3. The first-order valence-corrected chi connectivity index (χ1v) is 8.52. The van der Waals surface area contributed by atoms with Crippen LogP contribution in [0, 0.1) is 0 Å². The minimum Gasteiger partial charge on any atom is -0.455 e. The fraction of sp³-hybridized carbons (Fsp3) is 0. The van der Waals surface area contributed by atoms with Crippen LogP contribution >= 0.6 is 0 Å². The van der Waals surface area contributed by atoms with Gasteiger partial charge in [-0.3, -0.25) is 14.4 Å². The van der Waals surface area contributed by atoms with Gasteiger partial charge in [-0.25, -0.2) is 19.9 Å². The third-order valence-electron chi connectivity index (χ3n) is 3.61. The van der Waals surface area contributed by atoms with Crippen molar-refractivity contribution in [1.29, 1.82) is 0 Å². The van der Waals surface area contributed by atoms with Crippen molar-refractivity contribution in [3.63, 3.8) is 0 Å². The Balaban J connectivity index is 0.000000115. The van der Waals surface area contributed by atoms with Gasteiger partial charge < -0.3 is 17.7 Å². The highest BCUT2D eigenvalue weighted by Gasteiger charge is 2.02. The van der Waals surface area contributed by atoms with Crippen molar-refractivity contribution in [1.82, 2.24) is 34.9 Å². The number of hydrogen-bond acceptors (Lipinski definition) is 14. The predicted octanol–water partition coefficient (Wildman–Crippen LogP) is 0.737. The summed E-state index contributed by atoms with van der Waals surface area (Å²) in [7, 11) is 0. The molecule has 6 rings (SSSR count). The topological polar surface area (TPSA) is 194 Å². The second-order valence-corrected chi connectivity index (χ2v) is 5.53. The van der Waals surface area contributed by atoms with E-state index in [4.69, 9.17) is 17.7 Å². The molecule has 0 amide bonds. The zero-order valence-corrected chi connectivity index (χ0v) is 15.7. The Morgan fingerprint density at radius 1 is 0.625 bits per heavy atom. The summed E-state index contributed by atoms with van der Waals surface area (Å²) < 4.78 is 19.3. The molecule has 0 unspecified atom stereocenters. The molecule has 6 aromatic heterocycles. The second kappa shape index (κ2) is 9.12. The molecule has 6 heterocycles. The molecule has 0 aromatic carbocycles. The molecular formula is C18H9N7O7. The van der Waals surface area contributed by atoms with Gasteiger partial charge in [-0.2, -0.15) is 15.0 Å². The van der Waals surface area contributed by atoms with Crippen molar-refractivity contribution in [2.75, 3.05) is 0 Å². The lowest BCUT2D eigenvalue weighted by atomic mass is 10.5. The van der Waals surface area contributed by atoms with Gasteiger partial charge in [0.2, 0.25) is 5.58 Å². The summed E-state index contributed by atoms with van der Waals surface area (Å²) in [6, 6.07) is 1.57. The first-order chi connectivity index (χ1) is 15.6. The molecule has 0 saturated heterocycles. The highest BCUT2D eigenvalue weighted by molar-refractivity contribution is 5.68. The van der Waals surface area contributed by atoms with Crippen molar-refractivity contribution in [2.45, 2.75) is 0 Å². The molecule has 0 aliphatic heterocycles. The summed E-state index contributed by atoms with van der Waals surface area (Å²) in [5.74, 6) is 0. The number of rotatable bonds is 0. The predicted molar refractivity (Wildman–Crippen MR) is 104 cm³/mol. The standard InChI is InChI=1S/2C6H3N3O2.C6H3NO3/c10-6-5-4(11-3-9-6)1-7-2-8-5;10-5-4-6(11-3-9-5)8-2-1-7-4;8-6-5-4(1-2-9-5)10-3-7-6/h2*1-3H;1-3H. The van der Waals surface area contributed by atoms with Crippen LogP contribution in [0.5, 0.6) is 0 Å². The monoisotopic (exact) mass is 435 g/mol. The lowest BCUT2D eigenvalue weighted by Gasteiger charge is -1.89. The quantitative estimate of drug-likeness (QED) is 0.324. The molecule has 0 bridgehead atoms. The van der Waals surface area contributed by atoms with E-state index < -0.39 is 16.7 Å². The Hall–Kier alpha value is -5.14. The Labute approximate surface area is 174 Å². The molecule has 0 saturated carbocycles. The fourth-order valence-corrected chi connectivity index (χ4v) is 2.24. The molecule has 0 radical (unpaired) electrons. The average Bonchev–Trinajstić information content (AvgIpc) is 3.31. The SMILES string of the molecule is O=c1ncoc2ccoc12.O=c1ncoc2cncnc12.O=c1ncoc2nccnc12. The summed E-state index contributed by atoms with van der Waals surface area (Å²) in [6.45, 7) is 0. The van der Waals surface area contributed by atoms with Crippen LogP contribution in [0.4, 0.5) is 0 Å². The maximum Gasteiger partial charge on any atom is 0.319 e. The van der Waals surface area contributed by atoms with Crippen molar-refractivity contribution in [3.05, 3.63) is 87.5 Å². The molecule has 0 aliphatic rings. The van der Waals surface area contributed by atoms with Crippen LogP contribution in [-0.4, -0.2) is 34.9 Å². The molecule has 0 aliphatic carbocycles. The third-order valence-corrected chi connectivity index (χ3v) is 3.61. The van der Waals surface area contributed by atoms with E-state index in [0.29, 0.717) is 11.2 Å². The van der Waals surface area contributed by atoms with Crippen molar-refractivity contribution >= 4 is 33.5 Å². The highest BCUT2D eigenvalue weighted by atomic mass is 16.4. The van der Waals surface area contributed by atoms with Gasteiger partial charge in [0.25, 0.3) is 5.71 Å². The summed E-state index contributed by atoms with van der Waals surface area (Å²) in [4.78, 5) is 57.6. The van der Waals surface area contributed by atoms with Crippen LogP contribution in [0.15, 0.2) is 88.5 Å². The van der Waals surface area contributed by atoms with E-state index in [-0.39, 0.29) is 22.3 Å². The molecule has 0 spiro atoms. The molecular weight excluding hydrogens is 426 g/mol. The summed E-state index contributed by atoms with van der Waals surface area (Å²) >= 11 is 0. The van der Waals surface area contributed by atoms with Crippen molar-refractivity contribution in [3.8, 4) is 0 Å². The lowest BCUT2D eigenvalue weighted by Crippen LogP contribution is -2.06. The van der Waals surface area contributed by atoms with E-state index >= 15 is 0 Å². The largest absolute Gasteiger partial charge is 0.455 e. The first kappa shape index (κ1) is 20.1. The molecule has 158 valence electrons. The molecule has 6 aromatic rings. The van der Waals surface area contributed by atoms with Gasteiger partial charge in [0, 0.05) is 18.5 Å². The Morgan fingerprint density at radius 3 is 2.06 bits per heavy atom. The maximum atomic E-state index is 10.9. The van der Waals surface area contributed by atoms with Crippen LogP contribution in [0.2, 0.25) is 0 Å². The summed E-state index contributed by atoms with van der Waals surface area (Å²) in [5.41, 5.74) is 0.333. The zero-order valence-electron chi connectivity index (χ0n) is 15.7. The van der Waals surface area contributed by atoms with Crippen LogP contribution in [-0.2, 0) is 0 Å². The number of furan rings is 1. The molecule has 14 heteroatoms. The Bertz CT molecular complexity index is 1580. The molecule has 0 N–H and O–H groups in total. The van der Waals surface area contributed by atoms with Gasteiger partial charge in [0.1, 0.15) is 6.33 Å². The van der Waals surface area contributed by atoms with Crippen LogP contribution in [0.25, 0.3) is 33.5 Å². The zero-order chi connectivity index (χ0) is 22.3. The number of nitrogens with zero attached hydrogens (tertiary/aromatic N) is 7. The van der Waals surface area contributed by atoms with Gasteiger partial charge in [-0.15, -0.1) is 0 Å². The fourth-order valence-electron chi connectivity index (χ4n) is 2.24. The minimum atomic E-state index is -0.417. The molecule has 0 atom stereocenters. The van der Waals surface area contributed by atoms with Gasteiger partial charge in [-0.1, -0.05) is 0 Å². The van der Waals surface area contributed by atoms with Gasteiger partial charge in [0.05, 0.1) is 12.5 Å². The third kappa shape index (κ3) is 4.38. The van der Waals surface area contributed by atoms with E-state index in [9.17, 15) is 14.4 Å². The smallest absolute Gasteiger partial charge is 0.319 e. The normalized spacial score (nSPS) is 10.2. The van der Waals surface area contributed by atoms with E-state index in [1.807, 2.05) is 0 Å². The first-order valence-electron chi connectivity index (χ1n) is 8.52. The van der Waals surface area contributed by atoms with Gasteiger partial charge in [-0.05, 0) is 0 Å². The lowest BCUT2D eigenvalue weighted by molar-refractivity contribution is 0.555. The van der Waals surface area contributed by atoms with E-state index in [2.05, 4.69) is 34.9 Å². The Kier molecular flexibility index (Phi) is 5.74. The number of hydrogen-bond donors (Lipinski definition) is 0. The van der Waals surface area contributed by atoms with Crippen molar-refractivity contribution < 1.29 is 17.7 Å². The molecule has 32 heavy (non-hydrogen) atoms. The van der Waals surface area contributed by atoms with E-state index in [1.54, 1.807) is 6.07 Å². The number of aromatic nitrogens is 7. The van der Waals surface area contributed by atoms with Crippen LogP contribution in [0.3, 0.4) is 0 Å². The van der Waals surface area contributed by atoms with Crippen molar-refractivity contribution in [2.24, 2.45) is 0 Å². The van der Waals surface area contributed by atoms with E-state index in [1.165, 1.54) is 31.2 Å². The molecule has 14 nitrogen and oxygen atoms in total. The Morgan fingerprint density at radius 2 is 1.31 bits per heavy atom. The van der Waals surface area contributed by atoms with Gasteiger partial charge >= 0.3 is 16.7 Å². The second-order valence-electron chi connectivity index (χ2n) is 5.53. The molecule has 0 fully saturated rings. The highest BCUT2D eigenvalue weighted by Crippen LogP contribution is 2.07. The minimum absolute atomic E-state index is 0.162. The average molecular weight is 435 g/mol.